The second-order valence-electron chi connectivity index (χ2n) is 8.08. The number of nitrogens with one attached hydrogen (secondary N) is 1. The van der Waals surface area contributed by atoms with Crippen LogP contribution in [0, 0.1) is 12.7 Å². The maximum Gasteiger partial charge on any atom is 0.260 e. The SMILES string of the molecule is CCN(C(=O)c1ccc(-c2cccc(F)c2)nc1C)c1ccc(CN2CCNCC2)cc1. The molecule has 2 heterocycles. The second-order valence-corrected chi connectivity index (χ2v) is 8.08. The molecule has 0 aliphatic carbocycles. The Labute approximate surface area is 188 Å². The molecule has 1 N–H and O–H groups in total. The number of aryl methyl sites for hydroxylation is 1. The van der Waals surface area contributed by atoms with Crippen LogP contribution in [0.4, 0.5) is 10.1 Å². The van der Waals surface area contributed by atoms with Gasteiger partial charge in [0.1, 0.15) is 5.82 Å². The zero-order valence-electron chi connectivity index (χ0n) is 18.6. The van der Waals surface area contributed by atoms with Gasteiger partial charge in [-0.3, -0.25) is 14.7 Å². The number of piperazine rings is 1. The lowest BCUT2D eigenvalue weighted by Gasteiger charge is -2.27. The Balaban J connectivity index is 1.50. The summed E-state index contributed by atoms with van der Waals surface area (Å²) in [7, 11) is 0. The van der Waals surface area contributed by atoms with Crippen LogP contribution < -0.4 is 10.2 Å². The number of anilines is 1. The minimum Gasteiger partial charge on any atom is -0.314 e. The Bertz CT molecular complexity index is 1080. The first kappa shape index (κ1) is 22.1. The number of rotatable bonds is 6. The van der Waals surface area contributed by atoms with Gasteiger partial charge in [-0.2, -0.15) is 0 Å². The second kappa shape index (κ2) is 10.0. The summed E-state index contributed by atoms with van der Waals surface area (Å²) in [5.74, 6) is -0.391. The number of pyridine rings is 1. The van der Waals surface area contributed by atoms with Gasteiger partial charge in [0.2, 0.25) is 0 Å². The van der Waals surface area contributed by atoms with Gasteiger partial charge in [0.25, 0.3) is 5.91 Å². The third-order valence-electron chi connectivity index (χ3n) is 5.86. The van der Waals surface area contributed by atoms with Crippen LogP contribution in [0.5, 0.6) is 0 Å². The molecule has 0 bridgehead atoms. The number of carbonyl (C=O) groups is 1. The van der Waals surface area contributed by atoms with Crippen molar-refractivity contribution >= 4 is 11.6 Å². The molecule has 0 saturated carbocycles. The summed E-state index contributed by atoms with van der Waals surface area (Å²) in [6.45, 7) is 9.44. The molecule has 166 valence electrons. The standard InChI is InChI=1S/C26H29FN4O/c1-3-31(23-9-7-20(8-10-23)18-30-15-13-28-14-16-30)26(32)24-11-12-25(29-19(24)2)21-5-4-6-22(27)17-21/h4-12,17,28H,3,13-16,18H2,1-2H3. The predicted molar refractivity (Wildman–Crippen MR) is 126 cm³/mol. The van der Waals surface area contributed by atoms with E-state index in [1.807, 2.05) is 32.0 Å². The molecule has 0 radical (unpaired) electrons. The van der Waals surface area contributed by atoms with Crippen LogP contribution in [0.15, 0.2) is 60.7 Å². The molecule has 2 aromatic carbocycles. The summed E-state index contributed by atoms with van der Waals surface area (Å²) in [5, 5.41) is 3.37. The summed E-state index contributed by atoms with van der Waals surface area (Å²) < 4.78 is 13.6. The van der Waals surface area contributed by atoms with E-state index in [1.165, 1.54) is 17.7 Å². The van der Waals surface area contributed by atoms with Crippen LogP contribution in [-0.4, -0.2) is 48.5 Å². The van der Waals surface area contributed by atoms with E-state index in [4.69, 9.17) is 0 Å². The Kier molecular flexibility index (Phi) is 6.93. The molecule has 6 heteroatoms. The fourth-order valence-corrected chi connectivity index (χ4v) is 4.09. The van der Waals surface area contributed by atoms with Gasteiger partial charge in [-0.25, -0.2) is 4.39 Å². The number of aromatic nitrogens is 1. The quantitative estimate of drug-likeness (QED) is 0.632. The van der Waals surface area contributed by atoms with E-state index in [0.717, 1.165) is 38.4 Å². The van der Waals surface area contributed by atoms with Gasteiger partial charge in [0.05, 0.1) is 17.0 Å². The third kappa shape index (κ3) is 5.03. The summed E-state index contributed by atoms with van der Waals surface area (Å²) in [4.78, 5) is 22.1. The van der Waals surface area contributed by atoms with E-state index < -0.39 is 0 Å². The van der Waals surface area contributed by atoms with Crippen molar-refractivity contribution in [2.75, 3.05) is 37.6 Å². The van der Waals surface area contributed by atoms with E-state index in [0.29, 0.717) is 29.1 Å². The van der Waals surface area contributed by atoms with Crippen molar-refractivity contribution in [3.8, 4) is 11.3 Å². The molecule has 32 heavy (non-hydrogen) atoms. The highest BCUT2D eigenvalue weighted by Gasteiger charge is 2.19. The normalized spacial score (nSPS) is 14.3. The van der Waals surface area contributed by atoms with Crippen molar-refractivity contribution in [1.82, 2.24) is 15.2 Å². The molecule has 1 aliphatic heterocycles. The van der Waals surface area contributed by atoms with Crippen molar-refractivity contribution in [1.29, 1.82) is 0 Å². The maximum atomic E-state index is 13.6. The van der Waals surface area contributed by atoms with Gasteiger partial charge in [0.15, 0.2) is 0 Å². The summed E-state index contributed by atoms with van der Waals surface area (Å²) >= 11 is 0. The fraction of sp³-hybridized carbons (Fsp3) is 0.308. The summed E-state index contributed by atoms with van der Waals surface area (Å²) in [6.07, 6.45) is 0. The fourth-order valence-electron chi connectivity index (χ4n) is 4.09. The zero-order valence-corrected chi connectivity index (χ0v) is 18.6. The predicted octanol–water partition coefficient (Wildman–Crippen LogP) is 4.27. The number of halogens is 1. The molecule has 5 nitrogen and oxygen atoms in total. The minimum absolute atomic E-state index is 0.0850. The summed E-state index contributed by atoms with van der Waals surface area (Å²) in [5.41, 5.74) is 4.65. The van der Waals surface area contributed by atoms with Gasteiger partial charge in [-0.15, -0.1) is 0 Å². The van der Waals surface area contributed by atoms with Crippen LogP contribution in [-0.2, 0) is 6.54 Å². The number of benzene rings is 2. The molecule has 0 unspecified atom stereocenters. The summed E-state index contributed by atoms with van der Waals surface area (Å²) in [6, 6.07) is 18.1. The molecule has 3 aromatic rings. The smallest absolute Gasteiger partial charge is 0.260 e. The zero-order chi connectivity index (χ0) is 22.5. The molecule has 4 rings (SSSR count). The lowest BCUT2D eigenvalue weighted by Crippen LogP contribution is -2.42. The largest absolute Gasteiger partial charge is 0.314 e. The molecular weight excluding hydrogens is 403 g/mol. The van der Waals surface area contributed by atoms with Crippen molar-refractivity contribution in [3.05, 3.63) is 83.3 Å². The Morgan fingerprint density at radius 3 is 2.50 bits per heavy atom. The number of amides is 1. The monoisotopic (exact) mass is 432 g/mol. The lowest BCUT2D eigenvalue weighted by atomic mass is 10.1. The van der Waals surface area contributed by atoms with Crippen LogP contribution in [0.1, 0.15) is 28.5 Å². The number of hydrogen-bond donors (Lipinski definition) is 1. The van der Waals surface area contributed by atoms with Crippen molar-refractivity contribution in [3.63, 3.8) is 0 Å². The van der Waals surface area contributed by atoms with Crippen LogP contribution in [0.25, 0.3) is 11.3 Å². The van der Waals surface area contributed by atoms with Crippen molar-refractivity contribution < 1.29 is 9.18 Å². The molecule has 1 saturated heterocycles. The first-order valence-corrected chi connectivity index (χ1v) is 11.1. The average molecular weight is 433 g/mol. The van der Waals surface area contributed by atoms with E-state index in [-0.39, 0.29) is 11.7 Å². The lowest BCUT2D eigenvalue weighted by molar-refractivity contribution is 0.0987. The third-order valence-corrected chi connectivity index (χ3v) is 5.86. The Morgan fingerprint density at radius 1 is 1.09 bits per heavy atom. The van der Waals surface area contributed by atoms with Crippen molar-refractivity contribution in [2.24, 2.45) is 0 Å². The molecular formula is C26H29FN4O. The van der Waals surface area contributed by atoms with Gasteiger partial charge in [-0.1, -0.05) is 24.3 Å². The molecule has 1 aliphatic rings. The van der Waals surface area contributed by atoms with E-state index in [2.05, 4.69) is 27.3 Å². The van der Waals surface area contributed by atoms with Crippen LogP contribution in [0.3, 0.4) is 0 Å². The van der Waals surface area contributed by atoms with Crippen LogP contribution >= 0.6 is 0 Å². The van der Waals surface area contributed by atoms with Gasteiger partial charge < -0.3 is 10.2 Å². The molecule has 1 aromatic heterocycles. The minimum atomic E-state index is -0.306. The van der Waals surface area contributed by atoms with Gasteiger partial charge >= 0.3 is 0 Å². The number of carbonyl (C=O) groups excluding carboxylic acids is 1. The average Bonchev–Trinajstić information content (AvgIpc) is 2.81. The first-order valence-electron chi connectivity index (χ1n) is 11.1. The van der Waals surface area contributed by atoms with Gasteiger partial charge in [-0.05, 0) is 55.8 Å². The van der Waals surface area contributed by atoms with Gasteiger partial charge in [0, 0.05) is 50.5 Å². The molecule has 0 spiro atoms. The van der Waals surface area contributed by atoms with E-state index >= 15 is 0 Å². The first-order chi connectivity index (χ1) is 15.5. The number of hydrogen-bond acceptors (Lipinski definition) is 4. The van der Waals surface area contributed by atoms with Crippen LogP contribution in [0.2, 0.25) is 0 Å². The highest BCUT2D eigenvalue weighted by molar-refractivity contribution is 6.06. The maximum absolute atomic E-state index is 13.6. The number of nitrogens with zero attached hydrogens (tertiary/aromatic N) is 3. The molecule has 0 atom stereocenters. The molecule has 1 amide bonds. The van der Waals surface area contributed by atoms with E-state index in [1.54, 1.807) is 23.1 Å². The Hall–Kier alpha value is -3.09. The highest BCUT2D eigenvalue weighted by atomic mass is 19.1. The van der Waals surface area contributed by atoms with E-state index in [9.17, 15) is 9.18 Å². The topological polar surface area (TPSA) is 48.5 Å². The Morgan fingerprint density at radius 2 is 1.84 bits per heavy atom. The highest BCUT2D eigenvalue weighted by Crippen LogP contribution is 2.23. The molecule has 1 fully saturated rings. The van der Waals surface area contributed by atoms with Crippen molar-refractivity contribution in [2.45, 2.75) is 20.4 Å².